The first-order valence-electron chi connectivity index (χ1n) is 9.83. The molecule has 0 spiro atoms. The fourth-order valence-electron chi connectivity index (χ4n) is 3.98. The molecule has 1 saturated heterocycles. The fraction of sp³-hybridized carbons (Fsp3) is 0.286. The van der Waals surface area contributed by atoms with Gasteiger partial charge in [0, 0.05) is 29.0 Å². The summed E-state index contributed by atoms with van der Waals surface area (Å²) in [5, 5.41) is 10.9. The highest BCUT2D eigenvalue weighted by Crippen LogP contribution is 2.32. The van der Waals surface area contributed by atoms with Gasteiger partial charge >= 0.3 is 0 Å². The number of nitrogens with zero attached hydrogens (tertiary/aromatic N) is 4. The van der Waals surface area contributed by atoms with Crippen molar-refractivity contribution >= 4 is 29.1 Å². The number of rotatable bonds is 4. The van der Waals surface area contributed by atoms with Crippen molar-refractivity contribution in [2.45, 2.75) is 38.8 Å². The van der Waals surface area contributed by atoms with Gasteiger partial charge in [0.05, 0.1) is 16.8 Å². The summed E-state index contributed by atoms with van der Waals surface area (Å²) in [5.41, 5.74) is 2.91. The van der Waals surface area contributed by atoms with Crippen molar-refractivity contribution in [3.63, 3.8) is 0 Å². The Morgan fingerprint density at radius 3 is 2.83 bits per heavy atom. The number of fused-ring (bicyclic) bond motifs is 1. The lowest BCUT2D eigenvalue weighted by molar-refractivity contribution is -0.136. The number of hydrogen-bond acceptors (Lipinski definition) is 6. The van der Waals surface area contributed by atoms with Crippen LogP contribution >= 0.6 is 11.3 Å². The highest BCUT2D eigenvalue weighted by molar-refractivity contribution is 7.15. The Hall–Kier alpha value is -3.33. The molecule has 1 atom stereocenters. The minimum absolute atomic E-state index is 0.201. The highest BCUT2D eigenvalue weighted by Gasteiger charge is 2.40. The van der Waals surface area contributed by atoms with Gasteiger partial charge in [0.15, 0.2) is 0 Å². The number of aryl methyl sites for hydroxylation is 1. The number of piperidine rings is 1. The molecule has 2 aliphatic rings. The van der Waals surface area contributed by atoms with Crippen LogP contribution in [0.4, 0.5) is 0 Å². The molecule has 8 nitrogen and oxygen atoms in total. The zero-order valence-electron chi connectivity index (χ0n) is 16.3. The Balaban J connectivity index is 1.46. The van der Waals surface area contributed by atoms with Gasteiger partial charge in [-0.05, 0) is 37.1 Å². The lowest BCUT2D eigenvalue weighted by Crippen LogP contribution is -2.52. The molecule has 30 heavy (non-hydrogen) atoms. The first-order chi connectivity index (χ1) is 14.5. The number of hydrogen-bond donors (Lipinski definition) is 1. The zero-order chi connectivity index (χ0) is 20.8. The van der Waals surface area contributed by atoms with Crippen molar-refractivity contribution in [1.29, 1.82) is 0 Å². The van der Waals surface area contributed by atoms with E-state index in [1.165, 1.54) is 4.88 Å². The van der Waals surface area contributed by atoms with E-state index in [9.17, 15) is 14.4 Å². The first-order valence-corrected chi connectivity index (χ1v) is 10.6. The first kappa shape index (κ1) is 18.7. The smallest absolute Gasteiger partial charge is 0.255 e. The number of carbonyl (C=O) groups excluding carboxylic acids is 3. The van der Waals surface area contributed by atoms with Gasteiger partial charge in [-0.25, -0.2) is 4.68 Å². The number of nitrogens with one attached hydrogen (secondary N) is 1. The minimum Gasteiger partial charge on any atom is -0.322 e. The molecule has 1 aromatic carbocycles. The van der Waals surface area contributed by atoms with E-state index in [2.05, 4.69) is 28.6 Å². The van der Waals surface area contributed by atoms with Crippen LogP contribution in [0.2, 0.25) is 0 Å². The Morgan fingerprint density at radius 2 is 2.07 bits per heavy atom. The predicted molar refractivity (Wildman–Crippen MR) is 110 cm³/mol. The van der Waals surface area contributed by atoms with E-state index >= 15 is 0 Å². The van der Waals surface area contributed by atoms with Crippen LogP contribution in [0.25, 0.3) is 16.3 Å². The normalized spacial score (nSPS) is 18.6. The maximum absolute atomic E-state index is 13.0. The SMILES string of the molecule is CCc1ccc(-c2cn(-c3cccc4c3CN(C3CCC(=O)NC3=O)C4=O)nn2)s1. The van der Waals surface area contributed by atoms with Gasteiger partial charge in [0.1, 0.15) is 11.7 Å². The van der Waals surface area contributed by atoms with Crippen LogP contribution in [-0.2, 0) is 22.6 Å². The maximum atomic E-state index is 13.0. The minimum atomic E-state index is -0.639. The Morgan fingerprint density at radius 1 is 1.20 bits per heavy atom. The molecular weight excluding hydrogens is 402 g/mol. The second kappa shape index (κ2) is 7.17. The van der Waals surface area contributed by atoms with Crippen LogP contribution in [0.1, 0.15) is 40.6 Å². The molecule has 9 heteroatoms. The van der Waals surface area contributed by atoms with Crippen molar-refractivity contribution < 1.29 is 14.4 Å². The summed E-state index contributed by atoms with van der Waals surface area (Å²) in [6.45, 7) is 2.41. The van der Waals surface area contributed by atoms with Crippen molar-refractivity contribution in [1.82, 2.24) is 25.2 Å². The molecule has 0 bridgehead atoms. The molecule has 3 amide bonds. The van der Waals surface area contributed by atoms with Crippen LogP contribution in [0.3, 0.4) is 0 Å². The molecule has 1 unspecified atom stereocenters. The average molecular weight is 421 g/mol. The van der Waals surface area contributed by atoms with E-state index < -0.39 is 11.9 Å². The second-order valence-corrected chi connectivity index (χ2v) is 8.54. The standard InChI is InChI=1S/C21H19N5O3S/c1-2-12-6-8-18(30-12)15-11-26(24-23-15)16-5-3-4-13-14(16)10-25(21(13)29)17-7-9-19(27)22-20(17)28/h3-6,8,11,17H,2,7,9-10H2,1H3,(H,22,27,28). The molecule has 1 N–H and O–H groups in total. The van der Waals surface area contributed by atoms with Crippen molar-refractivity contribution in [2.75, 3.05) is 0 Å². The Kier molecular flexibility index (Phi) is 4.47. The number of aromatic nitrogens is 3. The zero-order valence-corrected chi connectivity index (χ0v) is 17.1. The van der Waals surface area contributed by atoms with E-state index in [4.69, 9.17) is 0 Å². The van der Waals surface area contributed by atoms with Crippen molar-refractivity contribution in [3.05, 3.63) is 52.5 Å². The van der Waals surface area contributed by atoms with E-state index in [0.29, 0.717) is 18.5 Å². The second-order valence-electron chi connectivity index (χ2n) is 7.37. The van der Waals surface area contributed by atoms with Crippen LogP contribution in [-0.4, -0.2) is 43.7 Å². The lowest BCUT2D eigenvalue weighted by Gasteiger charge is -2.29. The molecule has 1 fully saturated rings. The van der Waals surface area contributed by atoms with Gasteiger partial charge in [-0.15, -0.1) is 16.4 Å². The third-order valence-corrected chi connectivity index (χ3v) is 6.81. The fourth-order valence-corrected chi connectivity index (χ4v) is 4.88. The summed E-state index contributed by atoms with van der Waals surface area (Å²) >= 11 is 1.69. The van der Waals surface area contributed by atoms with E-state index in [-0.39, 0.29) is 18.2 Å². The summed E-state index contributed by atoms with van der Waals surface area (Å²) in [6, 6.07) is 8.96. The van der Waals surface area contributed by atoms with Gasteiger partial charge in [0.25, 0.3) is 5.91 Å². The Labute approximate surface area is 176 Å². The summed E-state index contributed by atoms with van der Waals surface area (Å²) < 4.78 is 1.68. The molecule has 2 aromatic heterocycles. The number of amides is 3. The van der Waals surface area contributed by atoms with Crippen LogP contribution in [0.15, 0.2) is 36.5 Å². The molecule has 0 saturated carbocycles. The Bertz CT molecular complexity index is 1180. The topological polar surface area (TPSA) is 97.2 Å². The monoisotopic (exact) mass is 421 g/mol. The van der Waals surface area contributed by atoms with Gasteiger partial charge in [0.2, 0.25) is 11.8 Å². The summed E-state index contributed by atoms with van der Waals surface area (Å²) in [4.78, 5) is 40.6. The van der Waals surface area contributed by atoms with E-state index in [1.807, 2.05) is 24.4 Å². The van der Waals surface area contributed by atoms with E-state index in [1.54, 1.807) is 27.0 Å². The molecule has 5 rings (SSSR count). The highest BCUT2D eigenvalue weighted by atomic mass is 32.1. The van der Waals surface area contributed by atoms with E-state index in [0.717, 1.165) is 28.2 Å². The van der Waals surface area contributed by atoms with Crippen molar-refractivity contribution in [2.24, 2.45) is 0 Å². The number of thiophene rings is 1. The van der Waals surface area contributed by atoms with Gasteiger partial charge < -0.3 is 4.90 Å². The summed E-state index contributed by atoms with van der Waals surface area (Å²) in [6.07, 6.45) is 3.41. The summed E-state index contributed by atoms with van der Waals surface area (Å²) in [7, 11) is 0. The third kappa shape index (κ3) is 3.02. The number of imide groups is 1. The van der Waals surface area contributed by atoms with Gasteiger partial charge in [-0.3, -0.25) is 19.7 Å². The predicted octanol–water partition coefficient (Wildman–Crippen LogP) is 2.32. The average Bonchev–Trinajstić information content (AvgIpc) is 3.47. The lowest BCUT2D eigenvalue weighted by atomic mass is 10.0. The maximum Gasteiger partial charge on any atom is 0.255 e. The molecule has 4 heterocycles. The number of carbonyl (C=O) groups is 3. The molecule has 0 radical (unpaired) electrons. The van der Waals surface area contributed by atoms with Gasteiger partial charge in [-0.2, -0.15) is 0 Å². The third-order valence-electron chi connectivity index (χ3n) is 5.56. The van der Waals surface area contributed by atoms with Crippen molar-refractivity contribution in [3.8, 4) is 16.3 Å². The van der Waals surface area contributed by atoms with Crippen LogP contribution in [0, 0.1) is 0 Å². The molecule has 152 valence electrons. The molecule has 0 aliphatic carbocycles. The largest absolute Gasteiger partial charge is 0.322 e. The van der Waals surface area contributed by atoms with Crippen LogP contribution < -0.4 is 5.32 Å². The summed E-state index contributed by atoms with van der Waals surface area (Å²) in [5.74, 6) is -0.912. The molecule has 2 aliphatic heterocycles. The molecular formula is C21H19N5O3S. The quantitative estimate of drug-likeness (QED) is 0.652. The van der Waals surface area contributed by atoms with Gasteiger partial charge in [-0.1, -0.05) is 18.2 Å². The number of benzene rings is 1. The molecule has 3 aromatic rings. The van der Waals surface area contributed by atoms with Crippen LogP contribution in [0.5, 0.6) is 0 Å².